The van der Waals surface area contributed by atoms with Gasteiger partial charge in [0.05, 0.1) is 5.16 Å². The molecular formula is C30H38N2P2. The van der Waals surface area contributed by atoms with Gasteiger partial charge in [0, 0.05) is 24.8 Å². The summed E-state index contributed by atoms with van der Waals surface area (Å²) in [5, 5.41) is 0.167. The van der Waals surface area contributed by atoms with E-state index in [0.717, 1.165) is 6.16 Å². The smallest absolute Gasteiger partial charge is 0.0623 e. The number of aromatic amines is 2. The minimum atomic E-state index is -0.350. The average Bonchev–Trinajstić information content (AvgIpc) is 3.51. The van der Waals surface area contributed by atoms with Crippen LogP contribution < -0.4 is 0 Å². The van der Waals surface area contributed by atoms with E-state index in [1.165, 1.54) is 33.4 Å². The van der Waals surface area contributed by atoms with Gasteiger partial charge in [0.2, 0.25) is 0 Å². The highest BCUT2D eigenvalue weighted by molar-refractivity contribution is 7.60. The van der Waals surface area contributed by atoms with E-state index in [2.05, 4.69) is 134 Å². The largest absolute Gasteiger partial charge is 0.367 e. The molecule has 0 amide bonds. The molecule has 0 radical (unpaired) electrons. The fourth-order valence-electron chi connectivity index (χ4n) is 5.16. The molecule has 4 heteroatoms. The zero-order chi connectivity index (χ0) is 24.6. The van der Waals surface area contributed by atoms with Crippen molar-refractivity contribution in [1.82, 2.24) is 9.97 Å². The molecule has 1 atom stereocenters. The van der Waals surface area contributed by atoms with E-state index < -0.39 is 0 Å². The van der Waals surface area contributed by atoms with Gasteiger partial charge in [0.25, 0.3) is 0 Å². The Hall–Kier alpha value is -2.14. The number of H-pyrrole nitrogens is 2. The van der Waals surface area contributed by atoms with E-state index >= 15 is 0 Å². The molecule has 178 valence electrons. The number of nitrogens with one attached hydrogen (secondary N) is 2. The maximum atomic E-state index is 3.30. The summed E-state index contributed by atoms with van der Waals surface area (Å²) in [6.07, 6.45) is 9.42. The molecule has 0 saturated carbocycles. The molecule has 2 aromatic heterocycles. The van der Waals surface area contributed by atoms with E-state index in [0.29, 0.717) is 0 Å². The number of aromatic nitrogens is 2. The van der Waals surface area contributed by atoms with Gasteiger partial charge in [0.15, 0.2) is 0 Å². The molecule has 2 nitrogen and oxygen atoms in total. The van der Waals surface area contributed by atoms with Gasteiger partial charge in [-0.1, -0.05) is 91.9 Å². The second kappa shape index (κ2) is 9.49. The van der Waals surface area contributed by atoms with Crippen LogP contribution in [0, 0.1) is 0 Å². The van der Waals surface area contributed by atoms with Crippen LogP contribution in [0.1, 0.15) is 63.8 Å². The predicted molar refractivity (Wildman–Crippen MR) is 153 cm³/mol. The first-order chi connectivity index (χ1) is 16.0. The van der Waals surface area contributed by atoms with E-state index in [1.54, 1.807) is 0 Å². The SMILES string of the molecule is CC(C)(C)P(Cc1ccc(-c2ccccc2)cc1C(P)(c1cc[nH]c1)c1cc[nH]c1)C(C)(C)C. The molecule has 34 heavy (non-hydrogen) atoms. The third kappa shape index (κ3) is 4.95. The van der Waals surface area contributed by atoms with Crippen molar-refractivity contribution in [3.63, 3.8) is 0 Å². The van der Waals surface area contributed by atoms with Gasteiger partial charge < -0.3 is 9.97 Å². The van der Waals surface area contributed by atoms with E-state index in [4.69, 9.17) is 0 Å². The standard InChI is InChI=1S/C30H38N2P2/c1-28(2,3)34(29(4,5)6)21-24-13-12-23(22-10-8-7-9-11-22)18-27(24)30(33,25-14-16-31-19-25)26-15-17-32-20-26/h7-20,31-32H,21,33H2,1-6H3. The summed E-state index contributed by atoms with van der Waals surface area (Å²) in [4.78, 5) is 6.61. The summed E-state index contributed by atoms with van der Waals surface area (Å²) in [5.41, 5.74) is 7.80. The van der Waals surface area contributed by atoms with Crippen LogP contribution in [0.25, 0.3) is 11.1 Å². The van der Waals surface area contributed by atoms with E-state index in [9.17, 15) is 0 Å². The molecule has 4 aromatic rings. The monoisotopic (exact) mass is 488 g/mol. The van der Waals surface area contributed by atoms with Crippen LogP contribution in [-0.2, 0) is 11.3 Å². The maximum Gasteiger partial charge on any atom is 0.0623 e. The van der Waals surface area contributed by atoms with E-state index in [1.807, 2.05) is 12.4 Å². The Labute approximate surface area is 209 Å². The summed E-state index contributed by atoms with van der Waals surface area (Å²) in [5.74, 6) is 0. The van der Waals surface area contributed by atoms with Crippen molar-refractivity contribution in [3.05, 3.63) is 108 Å². The molecule has 0 aliphatic carbocycles. The topological polar surface area (TPSA) is 31.6 Å². The fourth-order valence-corrected chi connectivity index (χ4v) is 9.36. The molecule has 0 aliphatic rings. The molecule has 4 rings (SSSR count). The molecule has 0 spiro atoms. The van der Waals surface area contributed by atoms with Crippen molar-refractivity contribution >= 4 is 17.2 Å². The summed E-state index contributed by atoms with van der Waals surface area (Å²) in [6.45, 7) is 14.5. The minimum absolute atomic E-state index is 0.259. The van der Waals surface area contributed by atoms with Crippen LogP contribution in [0.3, 0.4) is 0 Å². The zero-order valence-corrected chi connectivity index (χ0v) is 23.4. The lowest BCUT2D eigenvalue weighted by molar-refractivity contribution is 0.702. The van der Waals surface area contributed by atoms with Crippen LogP contribution in [0.5, 0.6) is 0 Å². The normalized spacial score (nSPS) is 12.9. The van der Waals surface area contributed by atoms with Crippen molar-refractivity contribution in [3.8, 4) is 11.1 Å². The van der Waals surface area contributed by atoms with Gasteiger partial charge in [-0.15, -0.1) is 9.24 Å². The first kappa shape index (κ1) is 25.0. The molecule has 2 heterocycles. The Bertz CT molecular complexity index is 1150. The van der Waals surface area contributed by atoms with Crippen LogP contribution >= 0.6 is 17.2 Å². The number of rotatable bonds is 6. The van der Waals surface area contributed by atoms with Gasteiger partial charge >= 0.3 is 0 Å². The Morgan fingerprint density at radius 1 is 0.706 bits per heavy atom. The van der Waals surface area contributed by atoms with Gasteiger partial charge in [-0.05, 0) is 68.1 Å². The molecule has 0 fully saturated rings. The fraction of sp³-hybridized carbons (Fsp3) is 0.333. The first-order valence-corrected chi connectivity index (χ1v) is 14.1. The average molecular weight is 489 g/mol. The first-order valence-electron chi connectivity index (χ1n) is 12.0. The lowest BCUT2D eigenvalue weighted by Crippen LogP contribution is -2.27. The van der Waals surface area contributed by atoms with Crippen LogP contribution in [-0.4, -0.2) is 20.3 Å². The quantitative estimate of drug-likeness (QED) is 0.254. The Kier molecular flexibility index (Phi) is 6.97. The summed E-state index contributed by atoms with van der Waals surface area (Å²) in [7, 11) is 2.94. The van der Waals surface area contributed by atoms with Gasteiger partial charge in [0.1, 0.15) is 0 Å². The van der Waals surface area contributed by atoms with Crippen LogP contribution in [0.4, 0.5) is 0 Å². The number of hydrogen-bond acceptors (Lipinski definition) is 0. The molecule has 1 unspecified atom stereocenters. The molecular weight excluding hydrogens is 450 g/mol. The summed E-state index contributed by atoms with van der Waals surface area (Å²) < 4.78 is 0. The lowest BCUT2D eigenvalue weighted by atomic mass is 9.83. The highest BCUT2D eigenvalue weighted by Crippen LogP contribution is 2.62. The Morgan fingerprint density at radius 3 is 1.74 bits per heavy atom. The molecule has 0 saturated heterocycles. The molecule has 2 aromatic carbocycles. The third-order valence-corrected chi connectivity index (χ3v) is 11.6. The van der Waals surface area contributed by atoms with Crippen molar-refractivity contribution in [2.24, 2.45) is 0 Å². The third-order valence-electron chi connectivity index (χ3n) is 6.70. The summed E-state index contributed by atoms with van der Waals surface area (Å²) >= 11 is 0. The van der Waals surface area contributed by atoms with Crippen molar-refractivity contribution in [2.75, 3.05) is 0 Å². The zero-order valence-electron chi connectivity index (χ0n) is 21.3. The number of benzene rings is 2. The lowest BCUT2D eigenvalue weighted by Gasteiger charge is -2.43. The molecule has 0 bridgehead atoms. The van der Waals surface area contributed by atoms with Crippen molar-refractivity contribution in [1.29, 1.82) is 0 Å². The minimum Gasteiger partial charge on any atom is -0.367 e. The Balaban J connectivity index is 1.96. The Morgan fingerprint density at radius 2 is 1.26 bits per heavy atom. The molecule has 2 N–H and O–H groups in total. The van der Waals surface area contributed by atoms with Gasteiger partial charge in [-0.2, -0.15) is 0 Å². The van der Waals surface area contributed by atoms with Crippen LogP contribution in [0.2, 0.25) is 0 Å². The van der Waals surface area contributed by atoms with E-state index in [-0.39, 0.29) is 23.4 Å². The second-order valence-corrected chi connectivity index (χ2v) is 15.9. The summed E-state index contributed by atoms with van der Waals surface area (Å²) in [6, 6.07) is 22.3. The maximum absolute atomic E-state index is 3.30. The molecule has 0 aliphatic heterocycles. The van der Waals surface area contributed by atoms with Crippen LogP contribution in [0.15, 0.2) is 85.5 Å². The highest BCUT2D eigenvalue weighted by atomic mass is 31.1. The second-order valence-electron chi connectivity index (χ2n) is 11.2. The van der Waals surface area contributed by atoms with Crippen molar-refractivity contribution in [2.45, 2.75) is 63.2 Å². The van der Waals surface area contributed by atoms with Crippen molar-refractivity contribution < 1.29 is 0 Å². The van der Waals surface area contributed by atoms with Gasteiger partial charge in [-0.25, -0.2) is 0 Å². The highest BCUT2D eigenvalue weighted by Gasteiger charge is 2.38. The predicted octanol–water partition coefficient (Wildman–Crippen LogP) is 8.76. The number of hydrogen-bond donors (Lipinski definition) is 2. The van der Waals surface area contributed by atoms with Gasteiger partial charge in [-0.3, -0.25) is 0 Å².